The monoisotopic (exact) mass is 145 g/mol. The van der Waals surface area contributed by atoms with Gasteiger partial charge in [-0.3, -0.25) is 4.79 Å². The molecule has 0 aromatic rings. The highest BCUT2D eigenvalue weighted by molar-refractivity contribution is 5.89. The van der Waals surface area contributed by atoms with Crippen LogP contribution in [0.5, 0.6) is 0 Å². The number of amides is 1. The zero-order chi connectivity index (χ0) is 7.78. The lowest BCUT2D eigenvalue weighted by molar-refractivity contribution is -0.161. The van der Waals surface area contributed by atoms with Gasteiger partial charge in [-0.05, 0) is 0 Å². The SMILES string of the molecule is O=C1CCC(O)(C(=O)O)N1. The van der Waals surface area contributed by atoms with Gasteiger partial charge in [0.2, 0.25) is 11.6 Å². The molecule has 0 radical (unpaired) electrons. The maximum atomic E-state index is 10.4. The normalized spacial score (nSPS) is 31.9. The van der Waals surface area contributed by atoms with E-state index in [0.717, 1.165) is 0 Å². The van der Waals surface area contributed by atoms with Gasteiger partial charge in [0, 0.05) is 12.8 Å². The van der Waals surface area contributed by atoms with Crippen molar-refractivity contribution in [3.63, 3.8) is 0 Å². The van der Waals surface area contributed by atoms with E-state index in [1.165, 1.54) is 0 Å². The number of hydrogen-bond acceptors (Lipinski definition) is 3. The third-order valence-corrected chi connectivity index (χ3v) is 1.41. The van der Waals surface area contributed by atoms with Crippen LogP contribution in [0.2, 0.25) is 0 Å². The van der Waals surface area contributed by atoms with E-state index in [2.05, 4.69) is 0 Å². The molecule has 0 aromatic heterocycles. The van der Waals surface area contributed by atoms with Crippen molar-refractivity contribution in [1.29, 1.82) is 0 Å². The van der Waals surface area contributed by atoms with Gasteiger partial charge in [0.05, 0.1) is 0 Å². The van der Waals surface area contributed by atoms with Gasteiger partial charge in [-0.25, -0.2) is 4.79 Å². The summed E-state index contributed by atoms with van der Waals surface area (Å²) in [4.78, 5) is 20.6. The van der Waals surface area contributed by atoms with Crippen LogP contribution >= 0.6 is 0 Å². The molecular weight excluding hydrogens is 138 g/mol. The van der Waals surface area contributed by atoms with Gasteiger partial charge in [0.15, 0.2) is 0 Å². The van der Waals surface area contributed by atoms with Crippen molar-refractivity contribution >= 4 is 11.9 Å². The first-order valence-corrected chi connectivity index (χ1v) is 2.81. The minimum absolute atomic E-state index is 0.0544. The molecule has 3 N–H and O–H groups in total. The Morgan fingerprint density at radius 3 is 2.50 bits per heavy atom. The second kappa shape index (κ2) is 1.95. The molecule has 0 aliphatic carbocycles. The maximum Gasteiger partial charge on any atom is 0.357 e. The van der Waals surface area contributed by atoms with Gasteiger partial charge in [-0.1, -0.05) is 0 Å². The summed E-state index contributed by atoms with van der Waals surface area (Å²) in [5, 5.41) is 19.3. The van der Waals surface area contributed by atoms with Gasteiger partial charge in [-0.2, -0.15) is 0 Å². The molecule has 56 valence electrons. The number of carbonyl (C=O) groups is 2. The minimum Gasteiger partial charge on any atom is -0.478 e. The van der Waals surface area contributed by atoms with Gasteiger partial charge >= 0.3 is 5.97 Å². The highest BCUT2D eigenvalue weighted by atomic mass is 16.4. The Kier molecular flexibility index (Phi) is 1.37. The number of carbonyl (C=O) groups excluding carboxylic acids is 1. The van der Waals surface area contributed by atoms with Crippen molar-refractivity contribution in [1.82, 2.24) is 5.32 Å². The summed E-state index contributed by atoms with van der Waals surface area (Å²) in [6.45, 7) is 0. The van der Waals surface area contributed by atoms with Gasteiger partial charge in [-0.15, -0.1) is 0 Å². The fraction of sp³-hybridized carbons (Fsp3) is 0.600. The minimum atomic E-state index is -2.02. The Morgan fingerprint density at radius 1 is 1.70 bits per heavy atom. The summed E-state index contributed by atoms with van der Waals surface area (Å²) in [7, 11) is 0. The quantitative estimate of drug-likeness (QED) is 0.426. The molecular formula is C5H7NO4. The van der Waals surface area contributed by atoms with Crippen LogP contribution in [0.1, 0.15) is 12.8 Å². The number of aliphatic hydroxyl groups is 1. The Balaban J connectivity index is 2.72. The van der Waals surface area contributed by atoms with E-state index in [4.69, 9.17) is 10.2 Å². The second-order valence-electron chi connectivity index (χ2n) is 2.21. The Morgan fingerprint density at radius 2 is 2.30 bits per heavy atom. The fourth-order valence-electron chi connectivity index (χ4n) is 0.810. The number of rotatable bonds is 1. The molecule has 10 heavy (non-hydrogen) atoms. The van der Waals surface area contributed by atoms with Crippen molar-refractivity contribution in [3.8, 4) is 0 Å². The molecule has 1 saturated heterocycles. The number of carboxylic acids is 1. The first-order chi connectivity index (χ1) is 4.54. The molecule has 1 aliphatic heterocycles. The first-order valence-electron chi connectivity index (χ1n) is 2.81. The van der Waals surface area contributed by atoms with Crippen LogP contribution in [0.4, 0.5) is 0 Å². The molecule has 1 amide bonds. The van der Waals surface area contributed by atoms with Crippen molar-refractivity contribution < 1.29 is 19.8 Å². The zero-order valence-corrected chi connectivity index (χ0v) is 5.13. The lowest BCUT2D eigenvalue weighted by atomic mass is 10.2. The molecule has 0 aromatic carbocycles. The van der Waals surface area contributed by atoms with E-state index >= 15 is 0 Å². The third-order valence-electron chi connectivity index (χ3n) is 1.41. The van der Waals surface area contributed by atoms with Crippen LogP contribution in [0.25, 0.3) is 0 Å². The van der Waals surface area contributed by atoms with Crippen LogP contribution < -0.4 is 5.32 Å². The van der Waals surface area contributed by atoms with Crippen molar-refractivity contribution in [3.05, 3.63) is 0 Å². The van der Waals surface area contributed by atoms with E-state index in [-0.39, 0.29) is 12.8 Å². The van der Waals surface area contributed by atoms with Crippen LogP contribution in [0, 0.1) is 0 Å². The van der Waals surface area contributed by atoms with E-state index in [1.807, 2.05) is 5.32 Å². The molecule has 0 saturated carbocycles. The van der Waals surface area contributed by atoms with E-state index in [1.54, 1.807) is 0 Å². The molecule has 1 heterocycles. The number of nitrogens with one attached hydrogen (secondary N) is 1. The van der Waals surface area contributed by atoms with Crippen LogP contribution in [-0.4, -0.2) is 27.8 Å². The van der Waals surface area contributed by atoms with Crippen molar-refractivity contribution in [2.45, 2.75) is 18.6 Å². The predicted octanol–water partition coefficient (Wildman–Crippen LogP) is -1.33. The lowest BCUT2D eigenvalue weighted by Gasteiger charge is -2.14. The molecule has 1 unspecified atom stereocenters. The Hall–Kier alpha value is -1.10. The molecule has 5 nitrogen and oxygen atoms in total. The van der Waals surface area contributed by atoms with Crippen molar-refractivity contribution in [2.24, 2.45) is 0 Å². The summed E-state index contributed by atoms with van der Waals surface area (Å²) in [5.41, 5.74) is -2.02. The summed E-state index contributed by atoms with van der Waals surface area (Å²) < 4.78 is 0. The van der Waals surface area contributed by atoms with Gasteiger partial charge < -0.3 is 15.5 Å². The molecule has 0 spiro atoms. The standard InChI is InChI=1S/C5H7NO4/c7-3-1-2-5(10,6-3)4(8)9/h10H,1-2H2,(H,6,7)(H,8,9). The third kappa shape index (κ3) is 0.950. The number of hydrogen-bond donors (Lipinski definition) is 3. The molecule has 1 atom stereocenters. The molecule has 0 bridgehead atoms. The van der Waals surface area contributed by atoms with Crippen LogP contribution in [0.3, 0.4) is 0 Å². The molecule has 5 heteroatoms. The molecule has 1 fully saturated rings. The summed E-state index contributed by atoms with van der Waals surface area (Å²) in [6.07, 6.45) is 0.0178. The van der Waals surface area contributed by atoms with E-state index in [0.29, 0.717) is 0 Å². The highest BCUT2D eigenvalue weighted by Crippen LogP contribution is 2.16. The summed E-state index contributed by atoms with van der Waals surface area (Å²) >= 11 is 0. The smallest absolute Gasteiger partial charge is 0.357 e. The topological polar surface area (TPSA) is 86.6 Å². The second-order valence-corrected chi connectivity index (χ2v) is 2.21. The van der Waals surface area contributed by atoms with Crippen molar-refractivity contribution in [2.75, 3.05) is 0 Å². The molecule has 1 aliphatic rings. The Bertz CT molecular complexity index is 190. The Labute approximate surface area is 56.7 Å². The lowest BCUT2D eigenvalue weighted by Crippen LogP contribution is -2.48. The number of carboxylic acid groups (broad SMARTS) is 1. The van der Waals surface area contributed by atoms with E-state index < -0.39 is 17.6 Å². The highest BCUT2D eigenvalue weighted by Gasteiger charge is 2.42. The maximum absolute atomic E-state index is 10.4. The largest absolute Gasteiger partial charge is 0.478 e. The van der Waals surface area contributed by atoms with Gasteiger partial charge in [0.25, 0.3) is 0 Å². The zero-order valence-electron chi connectivity index (χ0n) is 5.13. The average Bonchev–Trinajstić information content (AvgIpc) is 2.13. The van der Waals surface area contributed by atoms with Gasteiger partial charge in [0.1, 0.15) is 0 Å². The summed E-state index contributed by atoms with van der Waals surface area (Å²) in [6, 6.07) is 0. The first kappa shape index (κ1) is 7.01. The number of aliphatic carboxylic acids is 1. The average molecular weight is 145 g/mol. The summed E-state index contributed by atoms with van der Waals surface area (Å²) in [5.74, 6) is -1.83. The van der Waals surface area contributed by atoms with Crippen LogP contribution in [0.15, 0.2) is 0 Å². The fourth-order valence-corrected chi connectivity index (χ4v) is 0.810. The van der Waals surface area contributed by atoms with E-state index in [9.17, 15) is 9.59 Å². The predicted molar refractivity (Wildman–Crippen MR) is 30.0 cm³/mol. The molecule has 1 rings (SSSR count). The van der Waals surface area contributed by atoms with Crippen LogP contribution in [-0.2, 0) is 9.59 Å².